The van der Waals surface area contributed by atoms with Gasteiger partial charge in [0.05, 0.1) is 5.56 Å². The Balaban J connectivity index is 2.41. The molecule has 0 bridgehead atoms. The van der Waals surface area contributed by atoms with Crippen molar-refractivity contribution in [2.75, 3.05) is 13.2 Å². The standard InChI is InChI=1S/C17H20F2N2O2/c1-3-23-8-4-7-21-11(2)13(17(20)22)10-16(21)12-5-6-14(18)15(19)9-12/h5-6,9-10H,3-4,7-8H2,1-2H3,(H2,20,22). The van der Waals surface area contributed by atoms with E-state index < -0.39 is 17.5 Å². The molecule has 2 rings (SSSR count). The largest absolute Gasteiger partial charge is 0.382 e. The van der Waals surface area contributed by atoms with E-state index in [-0.39, 0.29) is 0 Å². The lowest BCUT2D eigenvalue weighted by atomic mass is 10.1. The second-order valence-electron chi connectivity index (χ2n) is 5.22. The average Bonchev–Trinajstić information content (AvgIpc) is 2.84. The fourth-order valence-corrected chi connectivity index (χ4v) is 2.55. The number of rotatable bonds is 7. The lowest BCUT2D eigenvalue weighted by Crippen LogP contribution is -2.13. The third kappa shape index (κ3) is 3.76. The van der Waals surface area contributed by atoms with Crippen molar-refractivity contribution in [2.24, 2.45) is 5.73 Å². The van der Waals surface area contributed by atoms with Gasteiger partial charge < -0.3 is 15.0 Å². The van der Waals surface area contributed by atoms with E-state index >= 15 is 0 Å². The summed E-state index contributed by atoms with van der Waals surface area (Å²) in [5.74, 6) is -2.38. The number of carbonyl (C=O) groups excluding carboxylic acids is 1. The Morgan fingerprint density at radius 1 is 1.26 bits per heavy atom. The molecule has 0 aliphatic carbocycles. The van der Waals surface area contributed by atoms with Gasteiger partial charge in [-0.25, -0.2) is 8.78 Å². The number of aromatic nitrogens is 1. The summed E-state index contributed by atoms with van der Waals surface area (Å²) in [4.78, 5) is 11.6. The van der Waals surface area contributed by atoms with Crippen LogP contribution in [-0.2, 0) is 11.3 Å². The summed E-state index contributed by atoms with van der Waals surface area (Å²) in [7, 11) is 0. The van der Waals surface area contributed by atoms with E-state index in [1.54, 1.807) is 13.0 Å². The van der Waals surface area contributed by atoms with Gasteiger partial charge in [-0.1, -0.05) is 0 Å². The van der Waals surface area contributed by atoms with Crippen molar-refractivity contribution in [2.45, 2.75) is 26.8 Å². The summed E-state index contributed by atoms with van der Waals surface area (Å²) in [6, 6.07) is 5.29. The number of ether oxygens (including phenoxy) is 1. The van der Waals surface area contributed by atoms with Gasteiger partial charge in [0, 0.05) is 36.7 Å². The predicted octanol–water partition coefficient (Wildman–Crippen LogP) is 3.27. The number of hydrogen-bond donors (Lipinski definition) is 1. The highest BCUT2D eigenvalue weighted by atomic mass is 19.2. The topological polar surface area (TPSA) is 57.2 Å². The van der Waals surface area contributed by atoms with Gasteiger partial charge in [-0.05, 0) is 44.5 Å². The molecule has 2 N–H and O–H groups in total. The molecule has 2 aromatic rings. The third-order valence-electron chi connectivity index (χ3n) is 3.72. The number of nitrogens with zero attached hydrogens (tertiary/aromatic N) is 1. The molecule has 124 valence electrons. The molecule has 1 aromatic heterocycles. The summed E-state index contributed by atoms with van der Waals surface area (Å²) in [5.41, 5.74) is 7.60. The van der Waals surface area contributed by atoms with Crippen LogP contribution in [0.3, 0.4) is 0 Å². The highest BCUT2D eigenvalue weighted by Crippen LogP contribution is 2.27. The number of benzene rings is 1. The van der Waals surface area contributed by atoms with E-state index in [1.165, 1.54) is 6.07 Å². The van der Waals surface area contributed by atoms with Crippen LogP contribution < -0.4 is 5.73 Å². The first-order valence-electron chi connectivity index (χ1n) is 7.48. The van der Waals surface area contributed by atoms with Gasteiger partial charge in [-0.2, -0.15) is 0 Å². The Hall–Kier alpha value is -2.21. The molecule has 0 aliphatic rings. The van der Waals surface area contributed by atoms with E-state index in [9.17, 15) is 13.6 Å². The van der Waals surface area contributed by atoms with E-state index in [1.807, 2.05) is 11.5 Å². The quantitative estimate of drug-likeness (QED) is 0.795. The minimum atomic E-state index is -0.928. The number of halogens is 2. The van der Waals surface area contributed by atoms with Crippen LogP contribution in [0.5, 0.6) is 0 Å². The molecule has 1 heterocycles. The highest BCUT2D eigenvalue weighted by molar-refractivity contribution is 5.95. The average molecular weight is 322 g/mol. The van der Waals surface area contributed by atoms with E-state index in [4.69, 9.17) is 10.5 Å². The van der Waals surface area contributed by atoms with Crippen molar-refractivity contribution in [3.8, 4) is 11.3 Å². The van der Waals surface area contributed by atoms with Crippen LogP contribution in [0, 0.1) is 18.6 Å². The van der Waals surface area contributed by atoms with Crippen molar-refractivity contribution >= 4 is 5.91 Å². The van der Waals surface area contributed by atoms with E-state index in [0.29, 0.717) is 42.3 Å². The Morgan fingerprint density at radius 3 is 2.61 bits per heavy atom. The van der Waals surface area contributed by atoms with Crippen LogP contribution in [-0.4, -0.2) is 23.7 Å². The number of primary amides is 1. The van der Waals surface area contributed by atoms with E-state index in [0.717, 1.165) is 18.6 Å². The molecule has 0 fully saturated rings. The van der Waals surface area contributed by atoms with Gasteiger partial charge in [0.25, 0.3) is 5.91 Å². The molecule has 0 atom stereocenters. The Labute approximate surface area is 133 Å². The summed E-state index contributed by atoms with van der Waals surface area (Å²) in [6.45, 7) is 5.50. The molecular formula is C17H20F2N2O2. The first kappa shape index (κ1) is 17.1. The van der Waals surface area contributed by atoms with Crippen molar-refractivity contribution < 1.29 is 18.3 Å². The minimum absolute atomic E-state index is 0.376. The monoisotopic (exact) mass is 322 g/mol. The van der Waals surface area contributed by atoms with Crippen molar-refractivity contribution in [3.05, 3.63) is 47.2 Å². The van der Waals surface area contributed by atoms with Crippen LogP contribution >= 0.6 is 0 Å². The van der Waals surface area contributed by atoms with Gasteiger partial charge >= 0.3 is 0 Å². The maximum Gasteiger partial charge on any atom is 0.250 e. The number of nitrogens with two attached hydrogens (primary N) is 1. The van der Waals surface area contributed by atoms with Crippen molar-refractivity contribution in [3.63, 3.8) is 0 Å². The zero-order chi connectivity index (χ0) is 17.0. The first-order valence-corrected chi connectivity index (χ1v) is 7.48. The normalized spacial score (nSPS) is 11.0. The molecule has 23 heavy (non-hydrogen) atoms. The second kappa shape index (κ2) is 7.37. The van der Waals surface area contributed by atoms with Gasteiger partial charge in [0.15, 0.2) is 11.6 Å². The fourth-order valence-electron chi connectivity index (χ4n) is 2.55. The predicted molar refractivity (Wildman–Crippen MR) is 84.1 cm³/mol. The molecule has 4 nitrogen and oxygen atoms in total. The van der Waals surface area contributed by atoms with Crippen LogP contribution in [0.1, 0.15) is 29.4 Å². The maximum absolute atomic E-state index is 13.5. The summed E-state index contributed by atoms with van der Waals surface area (Å²) in [6.07, 6.45) is 0.734. The number of carbonyl (C=O) groups is 1. The van der Waals surface area contributed by atoms with Gasteiger partial charge in [0.2, 0.25) is 0 Å². The minimum Gasteiger partial charge on any atom is -0.382 e. The van der Waals surface area contributed by atoms with Crippen molar-refractivity contribution in [1.82, 2.24) is 4.57 Å². The molecule has 6 heteroatoms. The smallest absolute Gasteiger partial charge is 0.250 e. The summed E-state index contributed by atoms with van der Waals surface area (Å²) < 4.78 is 33.9. The van der Waals surface area contributed by atoms with Gasteiger partial charge in [-0.3, -0.25) is 4.79 Å². The second-order valence-corrected chi connectivity index (χ2v) is 5.22. The molecule has 0 saturated carbocycles. The van der Waals surface area contributed by atoms with Crippen LogP contribution in [0.15, 0.2) is 24.3 Å². The molecule has 0 spiro atoms. The summed E-state index contributed by atoms with van der Waals surface area (Å²) in [5, 5.41) is 0. The Kier molecular flexibility index (Phi) is 5.50. The fraction of sp³-hybridized carbons (Fsp3) is 0.353. The SMILES string of the molecule is CCOCCCn1c(-c2ccc(F)c(F)c2)cc(C(N)=O)c1C. The van der Waals surface area contributed by atoms with Crippen LogP contribution in [0.25, 0.3) is 11.3 Å². The lowest BCUT2D eigenvalue weighted by molar-refractivity contribution is 0.0999. The number of amides is 1. The molecular weight excluding hydrogens is 302 g/mol. The molecule has 0 saturated heterocycles. The van der Waals surface area contributed by atoms with Gasteiger partial charge in [0.1, 0.15) is 0 Å². The molecule has 0 unspecified atom stereocenters. The molecule has 0 aliphatic heterocycles. The Morgan fingerprint density at radius 2 is 2.00 bits per heavy atom. The zero-order valence-corrected chi connectivity index (χ0v) is 13.2. The summed E-state index contributed by atoms with van der Waals surface area (Å²) >= 11 is 0. The maximum atomic E-state index is 13.5. The molecule has 1 amide bonds. The van der Waals surface area contributed by atoms with E-state index in [2.05, 4.69) is 0 Å². The third-order valence-corrected chi connectivity index (χ3v) is 3.72. The van der Waals surface area contributed by atoms with Crippen molar-refractivity contribution in [1.29, 1.82) is 0 Å². The van der Waals surface area contributed by atoms with Gasteiger partial charge in [-0.15, -0.1) is 0 Å². The Bertz CT molecular complexity index is 711. The number of hydrogen-bond acceptors (Lipinski definition) is 2. The molecule has 1 aromatic carbocycles. The lowest BCUT2D eigenvalue weighted by Gasteiger charge is -2.12. The molecule has 0 radical (unpaired) electrons. The van der Waals surface area contributed by atoms with Crippen LogP contribution in [0.2, 0.25) is 0 Å². The zero-order valence-electron chi connectivity index (χ0n) is 13.2. The van der Waals surface area contributed by atoms with Crippen LogP contribution in [0.4, 0.5) is 8.78 Å². The first-order chi connectivity index (χ1) is 11.0. The highest BCUT2D eigenvalue weighted by Gasteiger charge is 2.17.